The monoisotopic (exact) mass is 342 g/mol. The standard InChI is InChI=1S/C20H26N2OS/c1-5-19(18-12-7-6-9-15(18)4)22-20(24)21-16-10-8-11-17(13-16)23-14(2)3/h6-14,19H,5H2,1-4H3,(H2,21,22,24)/t19-/m0/s1. The minimum Gasteiger partial charge on any atom is -0.491 e. The zero-order valence-electron chi connectivity index (χ0n) is 14.8. The zero-order valence-corrected chi connectivity index (χ0v) is 15.6. The first-order valence-electron chi connectivity index (χ1n) is 8.39. The van der Waals surface area contributed by atoms with Crippen LogP contribution in [0.3, 0.4) is 0 Å². The Kier molecular flexibility index (Phi) is 6.62. The summed E-state index contributed by atoms with van der Waals surface area (Å²) in [5.41, 5.74) is 3.47. The smallest absolute Gasteiger partial charge is 0.171 e. The van der Waals surface area contributed by atoms with E-state index in [0.29, 0.717) is 5.11 Å². The molecule has 0 heterocycles. The summed E-state index contributed by atoms with van der Waals surface area (Å²) in [5, 5.41) is 7.28. The lowest BCUT2D eigenvalue weighted by Gasteiger charge is -2.22. The molecule has 0 aromatic heterocycles. The quantitative estimate of drug-likeness (QED) is 0.705. The van der Waals surface area contributed by atoms with E-state index >= 15 is 0 Å². The molecule has 3 nitrogen and oxygen atoms in total. The summed E-state index contributed by atoms with van der Waals surface area (Å²) in [7, 11) is 0. The van der Waals surface area contributed by atoms with E-state index < -0.39 is 0 Å². The third-order valence-electron chi connectivity index (χ3n) is 3.74. The molecule has 2 N–H and O–H groups in total. The number of nitrogens with one attached hydrogen (secondary N) is 2. The Morgan fingerprint density at radius 2 is 1.88 bits per heavy atom. The fourth-order valence-corrected chi connectivity index (χ4v) is 2.88. The molecule has 0 radical (unpaired) electrons. The molecule has 4 heteroatoms. The number of hydrogen-bond acceptors (Lipinski definition) is 2. The Morgan fingerprint density at radius 1 is 1.12 bits per heavy atom. The van der Waals surface area contributed by atoms with Gasteiger partial charge in [0.05, 0.1) is 12.1 Å². The minimum absolute atomic E-state index is 0.149. The van der Waals surface area contributed by atoms with Crippen LogP contribution in [-0.4, -0.2) is 11.2 Å². The molecule has 2 aromatic rings. The average molecular weight is 343 g/mol. The minimum atomic E-state index is 0.149. The summed E-state index contributed by atoms with van der Waals surface area (Å²) in [5.74, 6) is 0.837. The van der Waals surface area contributed by atoms with Crippen LogP contribution in [0.25, 0.3) is 0 Å². The Balaban J connectivity index is 2.03. The van der Waals surface area contributed by atoms with Crippen LogP contribution in [0.15, 0.2) is 48.5 Å². The van der Waals surface area contributed by atoms with Gasteiger partial charge in [0.2, 0.25) is 0 Å². The largest absolute Gasteiger partial charge is 0.491 e. The van der Waals surface area contributed by atoms with Crippen LogP contribution in [0.1, 0.15) is 44.4 Å². The highest BCUT2D eigenvalue weighted by atomic mass is 32.1. The lowest BCUT2D eigenvalue weighted by molar-refractivity contribution is 0.242. The predicted octanol–water partition coefficient (Wildman–Crippen LogP) is 5.22. The molecule has 0 spiro atoms. The van der Waals surface area contributed by atoms with Crippen molar-refractivity contribution in [2.45, 2.75) is 46.3 Å². The van der Waals surface area contributed by atoms with Gasteiger partial charge in [0.1, 0.15) is 5.75 Å². The Hall–Kier alpha value is -2.07. The average Bonchev–Trinajstić information content (AvgIpc) is 2.53. The molecular formula is C20H26N2OS. The molecule has 0 unspecified atom stereocenters. The highest BCUT2D eigenvalue weighted by Crippen LogP contribution is 2.22. The Labute approximate surface area is 150 Å². The van der Waals surface area contributed by atoms with Crippen LogP contribution in [0.2, 0.25) is 0 Å². The fourth-order valence-electron chi connectivity index (χ4n) is 2.62. The second-order valence-electron chi connectivity index (χ2n) is 6.11. The summed E-state index contributed by atoms with van der Waals surface area (Å²) in [6.45, 7) is 8.31. The van der Waals surface area contributed by atoms with Crippen molar-refractivity contribution in [3.63, 3.8) is 0 Å². The van der Waals surface area contributed by atoms with Crippen molar-refractivity contribution in [1.29, 1.82) is 0 Å². The lowest BCUT2D eigenvalue weighted by atomic mass is 10.00. The first-order chi connectivity index (χ1) is 11.5. The van der Waals surface area contributed by atoms with E-state index in [-0.39, 0.29) is 12.1 Å². The van der Waals surface area contributed by atoms with Crippen LogP contribution < -0.4 is 15.4 Å². The van der Waals surface area contributed by atoms with Gasteiger partial charge in [-0.1, -0.05) is 37.3 Å². The van der Waals surface area contributed by atoms with Crippen molar-refractivity contribution < 1.29 is 4.74 Å². The molecule has 0 aliphatic heterocycles. The predicted molar refractivity (Wildman–Crippen MR) is 106 cm³/mol. The molecule has 128 valence electrons. The highest BCUT2D eigenvalue weighted by molar-refractivity contribution is 7.80. The highest BCUT2D eigenvalue weighted by Gasteiger charge is 2.12. The van der Waals surface area contributed by atoms with E-state index in [9.17, 15) is 0 Å². The van der Waals surface area contributed by atoms with Gasteiger partial charge in [-0.05, 0) is 62.7 Å². The van der Waals surface area contributed by atoms with Gasteiger partial charge in [-0.15, -0.1) is 0 Å². The summed E-state index contributed by atoms with van der Waals surface area (Å²) < 4.78 is 5.72. The molecule has 0 fully saturated rings. The number of benzene rings is 2. The summed E-state index contributed by atoms with van der Waals surface area (Å²) in [6, 6.07) is 16.4. The van der Waals surface area contributed by atoms with Crippen LogP contribution in [0.5, 0.6) is 5.75 Å². The van der Waals surface area contributed by atoms with E-state index in [1.54, 1.807) is 0 Å². The maximum atomic E-state index is 5.72. The number of thiocarbonyl (C=S) groups is 1. The number of hydrogen-bond donors (Lipinski definition) is 2. The van der Waals surface area contributed by atoms with Gasteiger partial charge in [-0.25, -0.2) is 0 Å². The number of anilines is 1. The third-order valence-corrected chi connectivity index (χ3v) is 3.96. The van der Waals surface area contributed by atoms with Gasteiger partial charge in [0.15, 0.2) is 5.11 Å². The lowest BCUT2D eigenvalue weighted by Crippen LogP contribution is -2.32. The second-order valence-corrected chi connectivity index (χ2v) is 6.52. The van der Waals surface area contributed by atoms with Crippen LogP contribution in [-0.2, 0) is 0 Å². The SMILES string of the molecule is CC[C@H](NC(=S)Nc1cccc(OC(C)C)c1)c1ccccc1C. The molecule has 2 aromatic carbocycles. The summed E-state index contributed by atoms with van der Waals surface area (Å²) >= 11 is 5.49. The molecule has 1 atom stereocenters. The van der Waals surface area contributed by atoms with E-state index in [1.165, 1.54) is 11.1 Å². The molecule has 2 rings (SSSR count). The van der Waals surface area contributed by atoms with Crippen LogP contribution in [0.4, 0.5) is 5.69 Å². The second kappa shape index (κ2) is 8.69. The topological polar surface area (TPSA) is 33.3 Å². The first-order valence-corrected chi connectivity index (χ1v) is 8.80. The van der Waals surface area contributed by atoms with Gasteiger partial charge in [-0.2, -0.15) is 0 Å². The van der Waals surface area contributed by atoms with Crippen molar-refractivity contribution >= 4 is 23.0 Å². The molecule has 0 bridgehead atoms. The Bertz CT molecular complexity index is 685. The van der Waals surface area contributed by atoms with E-state index in [4.69, 9.17) is 17.0 Å². The zero-order chi connectivity index (χ0) is 17.5. The fraction of sp³-hybridized carbons (Fsp3) is 0.350. The van der Waals surface area contributed by atoms with Crippen molar-refractivity contribution in [3.05, 3.63) is 59.7 Å². The number of ether oxygens (including phenoxy) is 1. The molecule has 0 aliphatic carbocycles. The summed E-state index contributed by atoms with van der Waals surface area (Å²) in [4.78, 5) is 0. The van der Waals surface area contributed by atoms with Crippen molar-refractivity contribution in [3.8, 4) is 5.75 Å². The van der Waals surface area contributed by atoms with Crippen LogP contribution >= 0.6 is 12.2 Å². The third kappa shape index (κ3) is 5.24. The normalized spacial score (nSPS) is 11.9. The van der Waals surface area contributed by atoms with Gasteiger partial charge in [0.25, 0.3) is 0 Å². The molecular weight excluding hydrogens is 316 g/mol. The molecule has 0 aliphatic rings. The van der Waals surface area contributed by atoms with Crippen molar-refractivity contribution in [2.75, 3.05) is 5.32 Å². The van der Waals surface area contributed by atoms with E-state index in [2.05, 4.69) is 48.7 Å². The summed E-state index contributed by atoms with van der Waals surface area (Å²) in [6.07, 6.45) is 1.11. The van der Waals surface area contributed by atoms with Crippen molar-refractivity contribution in [2.24, 2.45) is 0 Å². The maximum Gasteiger partial charge on any atom is 0.171 e. The van der Waals surface area contributed by atoms with Gasteiger partial charge in [-0.3, -0.25) is 0 Å². The molecule has 0 saturated heterocycles. The maximum absolute atomic E-state index is 5.72. The van der Waals surface area contributed by atoms with E-state index in [1.807, 2.05) is 38.1 Å². The van der Waals surface area contributed by atoms with E-state index in [0.717, 1.165) is 17.9 Å². The Morgan fingerprint density at radius 3 is 2.54 bits per heavy atom. The van der Waals surface area contributed by atoms with Gasteiger partial charge in [0, 0.05) is 11.8 Å². The van der Waals surface area contributed by atoms with Gasteiger partial charge >= 0.3 is 0 Å². The number of rotatable bonds is 6. The number of aryl methyl sites for hydroxylation is 1. The molecule has 0 saturated carbocycles. The molecule has 0 amide bonds. The van der Waals surface area contributed by atoms with Gasteiger partial charge < -0.3 is 15.4 Å². The van der Waals surface area contributed by atoms with Crippen LogP contribution in [0, 0.1) is 6.92 Å². The first kappa shape index (κ1) is 18.3. The molecule has 24 heavy (non-hydrogen) atoms. The van der Waals surface area contributed by atoms with Crippen molar-refractivity contribution in [1.82, 2.24) is 5.32 Å².